The number of methoxy groups -OCH3 is 1. The van der Waals surface area contributed by atoms with Crippen molar-refractivity contribution in [3.05, 3.63) is 0 Å². The fraction of sp³-hybridized carbons (Fsp3) is 0.818. The summed E-state index contributed by atoms with van der Waals surface area (Å²) in [5.74, 6) is -1.02. The van der Waals surface area contributed by atoms with Gasteiger partial charge in [-0.05, 0) is 20.8 Å². The van der Waals surface area contributed by atoms with Crippen molar-refractivity contribution in [1.82, 2.24) is 9.80 Å². The Labute approximate surface area is 102 Å². The van der Waals surface area contributed by atoms with Crippen molar-refractivity contribution in [2.75, 3.05) is 27.3 Å². The third kappa shape index (κ3) is 4.22. The first-order chi connectivity index (χ1) is 7.86. The minimum Gasteiger partial charge on any atom is -0.480 e. The molecule has 0 heterocycles. The Morgan fingerprint density at radius 3 is 2.24 bits per heavy atom. The van der Waals surface area contributed by atoms with Crippen LogP contribution in [0.3, 0.4) is 0 Å². The summed E-state index contributed by atoms with van der Waals surface area (Å²) in [5.41, 5.74) is 0. The van der Waals surface area contributed by atoms with E-state index in [1.54, 1.807) is 12.0 Å². The van der Waals surface area contributed by atoms with E-state index >= 15 is 0 Å². The Morgan fingerprint density at radius 1 is 1.35 bits per heavy atom. The lowest BCUT2D eigenvalue weighted by atomic mass is 10.3. The first-order valence-electron chi connectivity index (χ1n) is 5.61. The van der Waals surface area contributed by atoms with Crippen molar-refractivity contribution in [2.45, 2.75) is 32.9 Å². The highest BCUT2D eigenvalue weighted by molar-refractivity contribution is 5.82. The Morgan fingerprint density at radius 2 is 1.88 bits per heavy atom. The van der Waals surface area contributed by atoms with Gasteiger partial charge in [0.15, 0.2) is 0 Å². The number of ether oxygens (including phenoxy) is 1. The standard InChI is InChI=1S/C11H22N2O4/c1-6-13(8(2)7-17-5)11(16)12(4)9(3)10(14)15/h8-9H,6-7H2,1-5H3,(H,14,15). The highest BCUT2D eigenvalue weighted by Gasteiger charge is 2.27. The van der Waals surface area contributed by atoms with Crippen LogP contribution >= 0.6 is 0 Å². The Hall–Kier alpha value is -1.30. The third-order valence-electron chi connectivity index (χ3n) is 2.77. The van der Waals surface area contributed by atoms with E-state index in [2.05, 4.69) is 0 Å². The monoisotopic (exact) mass is 246 g/mol. The number of carboxylic acid groups (broad SMARTS) is 1. The van der Waals surface area contributed by atoms with Crippen LogP contribution in [0.4, 0.5) is 4.79 Å². The number of likely N-dealkylation sites (N-methyl/N-ethyl adjacent to an activating group) is 2. The molecule has 0 aromatic rings. The third-order valence-corrected chi connectivity index (χ3v) is 2.77. The second-order valence-electron chi connectivity index (χ2n) is 4.00. The molecule has 0 spiro atoms. The zero-order chi connectivity index (χ0) is 13.6. The van der Waals surface area contributed by atoms with Gasteiger partial charge in [-0.3, -0.25) is 0 Å². The number of nitrogens with zero attached hydrogens (tertiary/aromatic N) is 2. The number of carbonyl (C=O) groups is 2. The molecule has 1 N–H and O–H groups in total. The van der Waals surface area contributed by atoms with E-state index in [0.717, 1.165) is 0 Å². The maximum Gasteiger partial charge on any atom is 0.326 e. The Balaban J connectivity index is 4.68. The second-order valence-corrected chi connectivity index (χ2v) is 4.00. The van der Waals surface area contributed by atoms with Crippen LogP contribution in [0, 0.1) is 0 Å². The fourth-order valence-corrected chi connectivity index (χ4v) is 1.50. The van der Waals surface area contributed by atoms with Crippen molar-refractivity contribution >= 4 is 12.0 Å². The van der Waals surface area contributed by atoms with Gasteiger partial charge in [0.05, 0.1) is 12.6 Å². The van der Waals surface area contributed by atoms with Gasteiger partial charge in [-0.1, -0.05) is 0 Å². The molecule has 100 valence electrons. The number of aliphatic carboxylic acids is 1. The van der Waals surface area contributed by atoms with Crippen molar-refractivity contribution in [3.8, 4) is 0 Å². The first kappa shape index (κ1) is 15.7. The molecule has 6 nitrogen and oxygen atoms in total. The topological polar surface area (TPSA) is 70.1 Å². The summed E-state index contributed by atoms with van der Waals surface area (Å²) in [4.78, 5) is 25.7. The van der Waals surface area contributed by atoms with Gasteiger partial charge in [0.2, 0.25) is 0 Å². The van der Waals surface area contributed by atoms with Crippen molar-refractivity contribution in [2.24, 2.45) is 0 Å². The number of rotatable bonds is 6. The lowest BCUT2D eigenvalue weighted by molar-refractivity contribution is -0.141. The molecule has 0 aromatic carbocycles. The average Bonchev–Trinajstić information content (AvgIpc) is 2.28. The predicted octanol–water partition coefficient (Wildman–Crippen LogP) is 0.868. The Bertz CT molecular complexity index is 270. The molecule has 0 aromatic heterocycles. The van der Waals surface area contributed by atoms with Gasteiger partial charge in [-0.15, -0.1) is 0 Å². The summed E-state index contributed by atoms with van der Waals surface area (Å²) < 4.78 is 5.00. The summed E-state index contributed by atoms with van der Waals surface area (Å²) in [7, 11) is 3.06. The molecule has 2 unspecified atom stereocenters. The van der Waals surface area contributed by atoms with Gasteiger partial charge in [0.1, 0.15) is 6.04 Å². The molecule has 0 saturated heterocycles. The fourth-order valence-electron chi connectivity index (χ4n) is 1.50. The quantitative estimate of drug-likeness (QED) is 0.755. The molecule has 6 heteroatoms. The van der Waals surface area contributed by atoms with Crippen LogP contribution < -0.4 is 0 Å². The van der Waals surface area contributed by atoms with Crippen molar-refractivity contribution < 1.29 is 19.4 Å². The molecular formula is C11H22N2O4. The van der Waals surface area contributed by atoms with Gasteiger partial charge in [-0.2, -0.15) is 0 Å². The number of urea groups is 1. The molecule has 0 radical (unpaired) electrons. The summed E-state index contributed by atoms with van der Waals surface area (Å²) in [6.07, 6.45) is 0. The van der Waals surface area contributed by atoms with Crippen LogP contribution in [0.25, 0.3) is 0 Å². The van der Waals surface area contributed by atoms with Gasteiger partial charge in [0.25, 0.3) is 0 Å². The number of hydrogen-bond donors (Lipinski definition) is 1. The van der Waals surface area contributed by atoms with Crippen LogP contribution in [0.1, 0.15) is 20.8 Å². The van der Waals surface area contributed by atoms with Crippen LogP contribution in [0.15, 0.2) is 0 Å². The van der Waals surface area contributed by atoms with Crippen LogP contribution in [-0.2, 0) is 9.53 Å². The molecule has 0 saturated carbocycles. The molecule has 17 heavy (non-hydrogen) atoms. The largest absolute Gasteiger partial charge is 0.480 e. The first-order valence-corrected chi connectivity index (χ1v) is 5.61. The summed E-state index contributed by atoms with van der Waals surface area (Å²) >= 11 is 0. The molecule has 2 atom stereocenters. The van der Waals surface area contributed by atoms with Crippen molar-refractivity contribution in [1.29, 1.82) is 0 Å². The van der Waals surface area contributed by atoms with E-state index < -0.39 is 12.0 Å². The SMILES string of the molecule is CCN(C(=O)N(C)C(C)C(=O)O)C(C)COC. The van der Waals surface area contributed by atoms with Crippen LogP contribution in [0.2, 0.25) is 0 Å². The molecule has 0 aliphatic carbocycles. The molecular weight excluding hydrogens is 224 g/mol. The zero-order valence-corrected chi connectivity index (χ0v) is 11.1. The Kier molecular flexibility index (Phi) is 6.57. The molecule has 0 fully saturated rings. The normalized spacial score (nSPS) is 13.9. The average molecular weight is 246 g/mol. The minimum atomic E-state index is -1.02. The van der Waals surface area contributed by atoms with Gasteiger partial charge in [0, 0.05) is 20.7 Å². The van der Waals surface area contributed by atoms with Gasteiger partial charge >= 0.3 is 12.0 Å². The van der Waals surface area contributed by atoms with E-state index in [1.165, 1.54) is 18.9 Å². The highest BCUT2D eigenvalue weighted by atomic mass is 16.5. The number of carboxylic acids is 1. The van der Waals surface area contributed by atoms with E-state index in [9.17, 15) is 9.59 Å². The second kappa shape index (κ2) is 7.11. The summed E-state index contributed by atoms with van der Waals surface area (Å²) in [6.45, 7) is 6.14. The highest BCUT2D eigenvalue weighted by Crippen LogP contribution is 2.07. The number of amides is 2. The zero-order valence-electron chi connectivity index (χ0n) is 11.1. The number of hydrogen-bond acceptors (Lipinski definition) is 3. The molecule has 2 amide bonds. The van der Waals surface area contributed by atoms with E-state index in [0.29, 0.717) is 13.2 Å². The van der Waals surface area contributed by atoms with E-state index in [4.69, 9.17) is 9.84 Å². The van der Waals surface area contributed by atoms with Gasteiger partial charge < -0.3 is 19.6 Å². The minimum absolute atomic E-state index is 0.0825. The van der Waals surface area contributed by atoms with Crippen LogP contribution in [-0.4, -0.2) is 66.3 Å². The van der Waals surface area contributed by atoms with Crippen molar-refractivity contribution in [3.63, 3.8) is 0 Å². The summed E-state index contributed by atoms with van der Waals surface area (Å²) in [6, 6.07) is -1.22. The maximum absolute atomic E-state index is 12.1. The van der Waals surface area contributed by atoms with E-state index in [1.807, 2.05) is 13.8 Å². The van der Waals surface area contributed by atoms with E-state index in [-0.39, 0.29) is 12.1 Å². The van der Waals surface area contributed by atoms with Gasteiger partial charge in [-0.25, -0.2) is 9.59 Å². The lowest BCUT2D eigenvalue weighted by Crippen LogP contribution is -2.51. The smallest absolute Gasteiger partial charge is 0.326 e. The molecule has 0 rings (SSSR count). The predicted molar refractivity (Wildman–Crippen MR) is 64.0 cm³/mol. The molecule has 0 aliphatic heterocycles. The lowest BCUT2D eigenvalue weighted by Gasteiger charge is -2.33. The number of carbonyl (C=O) groups excluding carboxylic acids is 1. The van der Waals surface area contributed by atoms with Crippen LogP contribution in [0.5, 0.6) is 0 Å². The molecule has 0 bridgehead atoms. The maximum atomic E-state index is 12.1. The molecule has 0 aliphatic rings. The summed E-state index contributed by atoms with van der Waals surface area (Å²) in [5, 5.41) is 8.86.